The summed E-state index contributed by atoms with van der Waals surface area (Å²) in [6.07, 6.45) is 0. The summed E-state index contributed by atoms with van der Waals surface area (Å²) in [7, 11) is 0. The number of nitrogens with one attached hydrogen (secondary N) is 2. The van der Waals surface area contributed by atoms with E-state index in [1.165, 1.54) is 13.0 Å². The molecule has 9 heteroatoms. The number of aliphatic carboxylic acids is 1. The van der Waals surface area contributed by atoms with Crippen LogP contribution in [0.3, 0.4) is 0 Å². The van der Waals surface area contributed by atoms with Crippen molar-refractivity contribution in [3.63, 3.8) is 0 Å². The van der Waals surface area contributed by atoms with E-state index in [0.29, 0.717) is 16.8 Å². The first kappa shape index (κ1) is 19.6. The molecule has 1 aromatic carbocycles. The van der Waals surface area contributed by atoms with E-state index in [-0.39, 0.29) is 28.9 Å². The number of Topliss-reactive ketones (excluding diaryl/α,β-unsaturated/α-hetero) is 1. The van der Waals surface area contributed by atoms with Gasteiger partial charge in [-0.05, 0) is 38.5 Å². The van der Waals surface area contributed by atoms with E-state index < -0.39 is 24.6 Å². The minimum atomic E-state index is -1.16. The molecule has 26 heavy (non-hydrogen) atoms. The predicted octanol–water partition coefficient (Wildman–Crippen LogP) is 2.42. The number of carboxylic acids is 1. The van der Waals surface area contributed by atoms with Gasteiger partial charge in [-0.2, -0.15) is 0 Å². The molecule has 1 aliphatic heterocycles. The van der Waals surface area contributed by atoms with Crippen molar-refractivity contribution in [2.75, 3.05) is 13.2 Å². The molecule has 1 heterocycles. The van der Waals surface area contributed by atoms with Crippen LogP contribution in [-0.4, -0.2) is 36.1 Å². The summed E-state index contributed by atoms with van der Waals surface area (Å²) < 4.78 is 10.7. The van der Waals surface area contributed by atoms with Gasteiger partial charge >= 0.3 is 12.0 Å². The zero-order valence-electron chi connectivity index (χ0n) is 14.5. The third-order valence-corrected chi connectivity index (χ3v) is 3.93. The monoisotopic (exact) mass is 382 g/mol. The average Bonchev–Trinajstić information content (AvgIpc) is 2.52. The lowest BCUT2D eigenvalue weighted by Gasteiger charge is -2.28. The summed E-state index contributed by atoms with van der Waals surface area (Å²) in [4.78, 5) is 34.6. The number of ketones is 1. The van der Waals surface area contributed by atoms with Gasteiger partial charge in [0.2, 0.25) is 0 Å². The topological polar surface area (TPSA) is 114 Å². The van der Waals surface area contributed by atoms with Gasteiger partial charge in [0, 0.05) is 11.3 Å². The summed E-state index contributed by atoms with van der Waals surface area (Å²) in [5, 5.41) is 14.2. The fraction of sp³-hybridized carbons (Fsp3) is 0.353. The fourth-order valence-corrected chi connectivity index (χ4v) is 2.98. The molecule has 0 saturated carbocycles. The molecule has 3 N–H and O–H groups in total. The number of amides is 2. The van der Waals surface area contributed by atoms with Gasteiger partial charge in [0.1, 0.15) is 0 Å². The van der Waals surface area contributed by atoms with Crippen molar-refractivity contribution < 1.29 is 29.0 Å². The van der Waals surface area contributed by atoms with E-state index >= 15 is 0 Å². The maximum atomic E-state index is 12.0. The first-order valence-corrected chi connectivity index (χ1v) is 8.22. The van der Waals surface area contributed by atoms with Crippen LogP contribution in [0.25, 0.3) is 0 Å². The number of ether oxygens (including phenoxy) is 2. The van der Waals surface area contributed by atoms with E-state index in [0.717, 1.165) is 0 Å². The van der Waals surface area contributed by atoms with Crippen molar-refractivity contribution in [2.24, 2.45) is 0 Å². The molecule has 1 atom stereocenters. The Hall–Kier alpha value is -2.74. The molecule has 0 aromatic heterocycles. The Bertz CT molecular complexity index is 790. The van der Waals surface area contributed by atoms with Crippen molar-refractivity contribution in [1.29, 1.82) is 0 Å². The SMILES string of the molecule is CCOc1cc(C2NC(=O)NC(C)=C2C(C)=O)cc(Cl)c1OCC(=O)O. The fourth-order valence-electron chi connectivity index (χ4n) is 2.70. The molecule has 0 aliphatic carbocycles. The van der Waals surface area contributed by atoms with Crippen LogP contribution in [0.1, 0.15) is 32.4 Å². The molecule has 0 saturated heterocycles. The lowest BCUT2D eigenvalue weighted by Crippen LogP contribution is -2.44. The first-order valence-electron chi connectivity index (χ1n) is 7.84. The Morgan fingerprint density at radius 2 is 2.00 bits per heavy atom. The van der Waals surface area contributed by atoms with Crippen LogP contribution in [0.5, 0.6) is 11.5 Å². The molecular formula is C17H19ClN2O6. The Labute approximate surface area is 155 Å². The number of carboxylic acid groups (broad SMARTS) is 1. The van der Waals surface area contributed by atoms with E-state index in [1.807, 2.05) is 0 Å². The number of benzene rings is 1. The minimum absolute atomic E-state index is 0.0880. The maximum absolute atomic E-state index is 12.0. The molecule has 1 aromatic rings. The Morgan fingerprint density at radius 1 is 1.31 bits per heavy atom. The van der Waals surface area contributed by atoms with E-state index in [9.17, 15) is 14.4 Å². The average molecular weight is 383 g/mol. The van der Waals surface area contributed by atoms with Gasteiger partial charge < -0.3 is 25.2 Å². The molecule has 2 rings (SSSR count). The summed E-state index contributed by atoms with van der Waals surface area (Å²) in [6.45, 7) is 4.49. The van der Waals surface area contributed by atoms with Crippen LogP contribution in [0.4, 0.5) is 4.79 Å². The van der Waals surface area contributed by atoms with Gasteiger partial charge in [0.25, 0.3) is 0 Å². The normalized spacial score (nSPS) is 16.6. The van der Waals surface area contributed by atoms with Crippen LogP contribution in [0.15, 0.2) is 23.4 Å². The molecule has 0 radical (unpaired) electrons. The van der Waals surface area contributed by atoms with Gasteiger partial charge in [0.15, 0.2) is 23.9 Å². The van der Waals surface area contributed by atoms with Crippen LogP contribution in [0.2, 0.25) is 5.02 Å². The van der Waals surface area contributed by atoms with Crippen molar-refractivity contribution >= 4 is 29.4 Å². The Morgan fingerprint density at radius 3 is 2.58 bits per heavy atom. The highest BCUT2D eigenvalue weighted by Gasteiger charge is 2.30. The smallest absolute Gasteiger partial charge is 0.341 e. The highest BCUT2D eigenvalue weighted by Crippen LogP contribution is 2.40. The summed E-state index contributed by atoms with van der Waals surface area (Å²) in [5.41, 5.74) is 1.36. The molecule has 0 bridgehead atoms. The molecule has 8 nitrogen and oxygen atoms in total. The second-order valence-corrected chi connectivity index (χ2v) is 5.98. The van der Waals surface area contributed by atoms with Crippen molar-refractivity contribution in [2.45, 2.75) is 26.8 Å². The third-order valence-electron chi connectivity index (χ3n) is 3.65. The van der Waals surface area contributed by atoms with E-state index in [2.05, 4.69) is 10.6 Å². The largest absolute Gasteiger partial charge is 0.490 e. The Kier molecular flexibility index (Phi) is 6.10. The lowest BCUT2D eigenvalue weighted by molar-refractivity contribution is -0.139. The number of urea groups is 1. The highest BCUT2D eigenvalue weighted by molar-refractivity contribution is 6.32. The van der Waals surface area contributed by atoms with Crippen molar-refractivity contribution in [1.82, 2.24) is 10.6 Å². The van der Waals surface area contributed by atoms with Crippen LogP contribution in [-0.2, 0) is 9.59 Å². The Balaban J connectivity index is 2.52. The number of carbonyl (C=O) groups is 3. The molecule has 1 unspecified atom stereocenters. The summed E-state index contributed by atoms with van der Waals surface area (Å²) in [5.74, 6) is -1.05. The van der Waals surface area contributed by atoms with Gasteiger partial charge in [-0.15, -0.1) is 0 Å². The zero-order chi connectivity index (χ0) is 19.4. The molecule has 0 spiro atoms. The molecule has 1 aliphatic rings. The van der Waals surface area contributed by atoms with E-state index in [4.69, 9.17) is 26.2 Å². The third kappa shape index (κ3) is 4.26. The van der Waals surface area contributed by atoms with Crippen LogP contribution in [0, 0.1) is 0 Å². The predicted molar refractivity (Wildman–Crippen MR) is 93.5 cm³/mol. The van der Waals surface area contributed by atoms with Gasteiger partial charge in [-0.3, -0.25) is 4.79 Å². The minimum Gasteiger partial charge on any atom is -0.490 e. The molecule has 0 fully saturated rings. The molecular weight excluding hydrogens is 364 g/mol. The number of allylic oxidation sites excluding steroid dienone is 1. The molecule has 140 valence electrons. The summed E-state index contributed by atoms with van der Waals surface area (Å²) in [6, 6.07) is 1.91. The number of rotatable bonds is 7. The lowest BCUT2D eigenvalue weighted by atomic mass is 9.93. The quantitative estimate of drug-likeness (QED) is 0.667. The number of carbonyl (C=O) groups excluding carboxylic acids is 2. The number of halogens is 1. The number of hydrogen-bond donors (Lipinski definition) is 3. The van der Waals surface area contributed by atoms with Crippen LogP contribution >= 0.6 is 11.6 Å². The van der Waals surface area contributed by atoms with Gasteiger partial charge in [0.05, 0.1) is 17.7 Å². The summed E-state index contributed by atoms with van der Waals surface area (Å²) >= 11 is 6.25. The first-order chi connectivity index (χ1) is 12.2. The zero-order valence-corrected chi connectivity index (χ0v) is 15.3. The maximum Gasteiger partial charge on any atom is 0.341 e. The van der Waals surface area contributed by atoms with Crippen molar-refractivity contribution in [3.8, 4) is 11.5 Å². The van der Waals surface area contributed by atoms with Crippen LogP contribution < -0.4 is 20.1 Å². The van der Waals surface area contributed by atoms with Gasteiger partial charge in [-0.1, -0.05) is 11.6 Å². The van der Waals surface area contributed by atoms with Crippen molar-refractivity contribution in [3.05, 3.63) is 34.0 Å². The van der Waals surface area contributed by atoms with E-state index in [1.54, 1.807) is 19.9 Å². The highest BCUT2D eigenvalue weighted by atomic mass is 35.5. The molecule has 2 amide bonds. The number of hydrogen-bond acceptors (Lipinski definition) is 5. The van der Waals surface area contributed by atoms with Gasteiger partial charge in [-0.25, -0.2) is 9.59 Å². The second-order valence-electron chi connectivity index (χ2n) is 5.57. The second kappa shape index (κ2) is 8.09. The standard InChI is InChI=1S/C17H19ClN2O6/c1-4-25-12-6-10(5-11(18)16(12)26-7-13(22)23)15-14(9(3)21)8(2)19-17(24)20-15/h5-6,15H,4,7H2,1-3H3,(H,22,23)(H2,19,20,24).